The molecule has 0 aliphatic carbocycles. The lowest BCUT2D eigenvalue weighted by molar-refractivity contribution is -0.118. The van der Waals surface area contributed by atoms with Crippen molar-refractivity contribution in [2.75, 3.05) is 5.75 Å². The number of hydrogen-bond acceptors (Lipinski definition) is 2. The van der Waals surface area contributed by atoms with E-state index in [9.17, 15) is 4.79 Å². The summed E-state index contributed by atoms with van der Waals surface area (Å²) in [5, 5.41) is 0.176. The number of allylic oxidation sites excluding steroid dienone is 2. The lowest BCUT2D eigenvalue weighted by Gasteiger charge is -2.06. The summed E-state index contributed by atoms with van der Waals surface area (Å²) >= 11 is 1.73. The second kappa shape index (κ2) is 7.19. The van der Waals surface area contributed by atoms with E-state index in [0.29, 0.717) is 12.2 Å². The Bertz CT molecular complexity index is 181. The fraction of sp³-hybridized carbons (Fsp3) is 0.727. The first-order valence-corrected chi connectivity index (χ1v) is 5.90. The molecule has 0 heterocycles. The molecule has 0 aromatic carbocycles. The smallest absolute Gasteiger partial charge is 0.145 e. The van der Waals surface area contributed by atoms with Gasteiger partial charge in [-0.05, 0) is 32.9 Å². The molecule has 0 rings (SSSR count). The Balaban J connectivity index is 3.68. The monoisotopic (exact) mass is 200 g/mol. The van der Waals surface area contributed by atoms with E-state index < -0.39 is 0 Å². The summed E-state index contributed by atoms with van der Waals surface area (Å²) in [6, 6.07) is 0. The maximum Gasteiger partial charge on any atom is 0.145 e. The van der Waals surface area contributed by atoms with Crippen LogP contribution in [0.25, 0.3) is 0 Å². The molecule has 0 fully saturated rings. The average molecular weight is 200 g/mol. The Morgan fingerprint density at radius 1 is 1.46 bits per heavy atom. The maximum absolute atomic E-state index is 11.5. The molecule has 1 unspecified atom stereocenters. The summed E-state index contributed by atoms with van der Waals surface area (Å²) < 4.78 is 0. The lowest BCUT2D eigenvalue weighted by atomic mass is 10.1. The summed E-state index contributed by atoms with van der Waals surface area (Å²) in [4.78, 5) is 11.5. The Hall–Kier alpha value is -0.240. The van der Waals surface area contributed by atoms with E-state index in [-0.39, 0.29) is 5.25 Å². The molecule has 0 aromatic rings. The zero-order valence-electron chi connectivity index (χ0n) is 9.09. The SMILES string of the molecule is CCSC(C)C(=O)CCC=C(C)C. The van der Waals surface area contributed by atoms with Gasteiger partial charge in [-0.15, -0.1) is 0 Å². The van der Waals surface area contributed by atoms with Crippen LogP contribution in [0.1, 0.15) is 40.5 Å². The van der Waals surface area contributed by atoms with Gasteiger partial charge in [0.1, 0.15) is 5.78 Å². The van der Waals surface area contributed by atoms with Gasteiger partial charge in [0, 0.05) is 6.42 Å². The first kappa shape index (κ1) is 12.8. The molecule has 1 nitrogen and oxygen atoms in total. The van der Waals surface area contributed by atoms with E-state index in [0.717, 1.165) is 12.2 Å². The molecule has 0 amide bonds. The first-order valence-electron chi connectivity index (χ1n) is 4.85. The third-order valence-electron chi connectivity index (χ3n) is 1.81. The summed E-state index contributed by atoms with van der Waals surface area (Å²) in [5.41, 5.74) is 1.29. The first-order chi connectivity index (χ1) is 6.07. The van der Waals surface area contributed by atoms with Gasteiger partial charge < -0.3 is 0 Å². The molecular weight excluding hydrogens is 180 g/mol. The molecular formula is C11H20OS. The average Bonchev–Trinajstić information content (AvgIpc) is 2.04. The highest BCUT2D eigenvalue weighted by atomic mass is 32.2. The van der Waals surface area contributed by atoms with Crippen LogP contribution in [-0.2, 0) is 4.79 Å². The maximum atomic E-state index is 11.5. The van der Waals surface area contributed by atoms with Crippen molar-refractivity contribution in [1.29, 1.82) is 0 Å². The molecule has 0 saturated heterocycles. The van der Waals surface area contributed by atoms with Crippen molar-refractivity contribution in [3.63, 3.8) is 0 Å². The van der Waals surface area contributed by atoms with E-state index in [2.05, 4.69) is 26.8 Å². The molecule has 0 spiro atoms. The molecule has 0 aliphatic heterocycles. The molecule has 76 valence electrons. The number of hydrogen-bond donors (Lipinski definition) is 0. The van der Waals surface area contributed by atoms with Crippen LogP contribution in [0.3, 0.4) is 0 Å². The Labute approximate surface area is 86.0 Å². The van der Waals surface area contributed by atoms with Crippen molar-refractivity contribution < 1.29 is 4.79 Å². The number of ketones is 1. The topological polar surface area (TPSA) is 17.1 Å². The molecule has 0 bridgehead atoms. The number of Topliss-reactive ketones (excluding diaryl/α,β-unsaturated/α-hetero) is 1. The minimum atomic E-state index is 0.176. The number of rotatable bonds is 6. The van der Waals surface area contributed by atoms with Crippen LogP contribution < -0.4 is 0 Å². The second-order valence-corrected chi connectivity index (χ2v) is 5.00. The molecule has 0 saturated carbocycles. The van der Waals surface area contributed by atoms with Crippen LogP contribution in [-0.4, -0.2) is 16.8 Å². The largest absolute Gasteiger partial charge is 0.298 e. The summed E-state index contributed by atoms with van der Waals surface area (Å²) in [5.74, 6) is 1.40. The van der Waals surface area contributed by atoms with Crippen LogP contribution in [0.2, 0.25) is 0 Å². The van der Waals surface area contributed by atoms with Gasteiger partial charge in [-0.2, -0.15) is 11.8 Å². The van der Waals surface area contributed by atoms with E-state index in [4.69, 9.17) is 0 Å². The lowest BCUT2D eigenvalue weighted by Crippen LogP contribution is -2.12. The van der Waals surface area contributed by atoms with Crippen molar-refractivity contribution in [1.82, 2.24) is 0 Å². The van der Waals surface area contributed by atoms with Gasteiger partial charge in [0.25, 0.3) is 0 Å². The highest BCUT2D eigenvalue weighted by Crippen LogP contribution is 2.13. The Kier molecular flexibility index (Phi) is 7.06. The molecule has 0 N–H and O–H groups in total. The van der Waals surface area contributed by atoms with Crippen LogP contribution in [0.15, 0.2) is 11.6 Å². The highest BCUT2D eigenvalue weighted by molar-refractivity contribution is 8.00. The van der Waals surface area contributed by atoms with Gasteiger partial charge in [0.05, 0.1) is 5.25 Å². The molecule has 0 radical (unpaired) electrons. The van der Waals surface area contributed by atoms with Gasteiger partial charge in [0.2, 0.25) is 0 Å². The highest BCUT2D eigenvalue weighted by Gasteiger charge is 2.10. The van der Waals surface area contributed by atoms with E-state index >= 15 is 0 Å². The van der Waals surface area contributed by atoms with Gasteiger partial charge in [-0.25, -0.2) is 0 Å². The zero-order chi connectivity index (χ0) is 10.3. The normalized spacial score (nSPS) is 12.3. The Morgan fingerprint density at radius 3 is 2.54 bits per heavy atom. The summed E-state index contributed by atoms with van der Waals surface area (Å²) in [6.45, 7) is 8.22. The van der Waals surface area contributed by atoms with E-state index in [1.165, 1.54) is 5.57 Å². The number of carbonyl (C=O) groups is 1. The molecule has 0 aliphatic rings. The predicted molar refractivity (Wildman–Crippen MR) is 61.3 cm³/mol. The summed E-state index contributed by atoms with van der Waals surface area (Å²) in [6.07, 6.45) is 3.72. The van der Waals surface area contributed by atoms with Gasteiger partial charge in [-0.1, -0.05) is 18.6 Å². The molecule has 2 heteroatoms. The molecule has 0 aromatic heterocycles. The van der Waals surface area contributed by atoms with Crippen LogP contribution in [0.4, 0.5) is 0 Å². The van der Waals surface area contributed by atoms with Crippen LogP contribution >= 0.6 is 11.8 Å². The standard InChI is InChI=1S/C11H20OS/c1-5-13-10(4)11(12)8-6-7-9(2)3/h7,10H,5-6,8H2,1-4H3. The third kappa shape index (κ3) is 6.88. The van der Waals surface area contributed by atoms with Crippen LogP contribution in [0, 0.1) is 0 Å². The van der Waals surface area contributed by atoms with E-state index in [1.54, 1.807) is 11.8 Å². The quantitative estimate of drug-likeness (QED) is 0.611. The van der Waals surface area contributed by atoms with Gasteiger partial charge in [-0.3, -0.25) is 4.79 Å². The summed E-state index contributed by atoms with van der Waals surface area (Å²) in [7, 11) is 0. The van der Waals surface area contributed by atoms with Crippen LogP contribution in [0.5, 0.6) is 0 Å². The van der Waals surface area contributed by atoms with Crippen molar-refractivity contribution in [2.24, 2.45) is 0 Å². The second-order valence-electron chi connectivity index (χ2n) is 3.38. The predicted octanol–water partition coefficient (Wildman–Crippen LogP) is 3.44. The van der Waals surface area contributed by atoms with Crippen molar-refractivity contribution in [3.8, 4) is 0 Å². The molecule has 13 heavy (non-hydrogen) atoms. The number of carbonyl (C=O) groups excluding carboxylic acids is 1. The Morgan fingerprint density at radius 2 is 2.08 bits per heavy atom. The van der Waals surface area contributed by atoms with Crippen molar-refractivity contribution in [2.45, 2.75) is 45.8 Å². The van der Waals surface area contributed by atoms with Crippen molar-refractivity contribution in [3.05, 3.63) is 11.6 Å². The van der Waals surface area contributed by atoms with Gasteiger partial charge in [0.15, 0.2) is 0 Å². The van der Waals surface area contributed by atoms with Crippen molar-refractivity contribution >= 4 is 17.5 Å². The van der Waals surface area contributed by atoms with Gasteiger partial charge >= 0.3 is 0 Å². The zero-order valence-corrected chi connectivity index (χ0v) is 9.91. The van der Waals surface area contributed by atoms with E-state index in [1.807, 2.05) is 6.92 Å². The fourth-order valence-corrected chi connectivity index (χ4v) is 1.85. The fourth-order valence-electron chi connectivity index (χ4n) is 1.05. The number of thioether (sulfide) groups is 1. The minimum Gasteiger partial charge on any atom is -0.298 e. The molecule has 1 atom stereocenters. The third-order valence-corrected chi connectivity index (χ3v) is 2.91. The minimum absolute atomic E-state index is 0.176.